The lowest BCUT2D eigenvalue weighted by Gasteiger charge is -2.10. The van der Waals surface area contributed by atoms with E-state index in [1.54, 1.807) is 6.20 Å². The van der Waals surface area contributed by atoms with Gasteiger partial charge in [-0.1, -0.05) is 25.4 Å². The SMILES string of the molecule is Cc1c[n+]([O-])cc(Cl)c1C(C)C. The molecule has 1 rings (SSSR count). The molecule has 0 saturated carbocycles. The van der Waals surface area contributed by atoms with Gasteiger partial charge in [0.05, 0.1) is 0 Å². The van der Waals surface area contributed by atoms with Gasteiger partial charge in [0, 0.05) is 5.56 Å². The van der Waals surface area contributed by atoms with Gasteiger partial charge in [-0.25, -0.2) is 0 Å². The van der Waals surface area contributed by atoms with Gasteiger partial charge in [-0.05, 0) is 18.4 Å². The molecule has 0 unspecified atom stereocenters. The first-order valence-electron chi connectivity index (χ1n) is 3.91. The Morgan fingerprint density at radius 3 is 2.42 bits per heavy atom. The molecule has 0 spiro atoms. The second-order valence-corrected chi connectivity index (χ2v) is 3.62. The number of hydrogen-bond acceptors (Lipinski definition) is 1. The maximum Gasteiger partial charge on any atom is 0.199 e. The third-order valence-electron chi connectivity index (χ3n) is 1.82. The third kappa shape index (κ3) is 1.69. The Hall–Kier alpha value is -0.760. The van der Waals surface area contributed by atoms with E-state index in [1.807, 2.05) is 6.92 Å². The number of halogens is 1. The van der Waals surface area contributed by atoms with Crippen molar-refractivity contribution in [3.8, 4) is 0 Å². The molecule has 0 atom stereocenters. The number of nitrogens with zero attached hydrogens (tertiary/aromatic N) is 1. The van der Waals surface area contributed by atoms with E-state index in [4.69, 9.17) is 11.6 Å². The molecule has 1 heterocycles. The van der Waals surface area contributed by atoms with Gasteiger partial charge in [0.1, 0.15) is 5.02 Å². The van der Waals surface area contributed by atoms with Gasteiger partial charge in [0.25, 0.3) is 0 Å². The molecular weight excluding hydrogens is 174 g/mol. The van der Waals surface area contributed by atoms with Crippen molar-refractivity contribution in [3.05, 3.63) is 33.8 Å². The van der Waals surface area contributed by atoms with Crippen LogP contribution in [0.2, 0.25) is 5.02 Å². The van der Waals surface area contributed by atoms with Crippen LogP contribution in [-0.2, 0) is 0 Å². The predicted octanol–water partition coefficient (Wildman–Crippen LogP) is 2.41. The minimum Gasteiger partial charge on any atom is -0.619 e. The molecule has 0 aliphatic carbocycles. The zero-order valence-electron chi connectivity index (χ0n) is 7.47. The first-order chi connectivity index (χ1) is 5.52. The molecule has 0 fully saturated rings. The van der Waals surface area contributed by atoms with Crippen LogP contribution in [0.25, 0.3) is 0 Å². The molecule has 0 aliphatic rings. The second-order valence-electron chi connectivity index (χ2n) is 3.22. The number of hydrogen-bond donors (Lipinski definition) is 0. The monoisotopic (exact) mass is 185 g/mol. The van der Waals surface area contributed by atoms with Crippen LogP contribution in [0.5, 0.6) is 0 Å². The van der Waals surface area contributed by atoms with Gasteiger partial charge in [0.2, 0.25) is 0 Å². The van der Waals surface area contributed by atoms with E-state index in [0.717, 1.165) is 15.9 Å². The predicted molar refractivity (Wildman–Crippen MR) is 49.2 cm³/mol. The second kappa shape index (κ2) is 3.31. The van der Waals surface area contributed by atoms with Crippen molar-refractivity contribution in [2.24, 2.45) is 0 Å². The highest BCUT2D eigenvalue weighted by Crippen LogP contribution is 2.25. The Kier molecular flexibility index (Phi) is 2.58. The van der Waals surface area contributed by atoms with Crippen LogP contribution in [0, 0.1) is 12.1 Å². The molecule has 12 heavy (non-hydrogen) atoms. The Bertz CT molecular complexity index is 274. The summed E-state index contributed by atoms with van der Waals surface area (Å²) in [5.74, 6) is 0.360. The normalized spacial score (nSPS) is 10.8. The van der Waals surface area contributed by atoms with Crippen molar-refractivity contribution < 1.29 is 4.73 Å². The number of rotatable bonds is 1. The maximum atomic E-state index is 10.9. The molecule has 1 aromatic rings. The Balaban J connectivity index is 3.28. The molecule has 2 nitrogen and oxygen atoms in total. The highest BCUT2D eigenvalue weighted by Gasteiger charge is 2.11. The molecule has 1 aromatic heterocycles. The Labute approximate surface area is 77.4 Å². The zero-order chi connectivity index (χ0) is 9.30. The van der Waals surface area contributed by atoms with E-state index in [-0.39, 0.29) is 0 Å². The maximum absolute atomic E-state index is 10.9. The molecule has 0 radical (unpaired) electrons. The summed E-state index contributed by atoms with van der Waals surface area (Å²) >= 11 is 5.91. The standard InChI is InChI=1S/C9H12ClNO/c1-6(2)9-7(3)4-11(12)5-8(9)10/h4-6H,1-3H3. The summed E-state index contributed by atoms with van der Waals surface area (Å²) in [5.41, 5.74) is 2.01. The number of aryl methyl sites for hydroxylation is 1. The van der Waals surface area contributed by atoms with Crippen LogP contribution >= 0.6 is 11.6 Å². The van der Waals surface area contributed by atoms with Crippen molar-refractivity contribution in [3.63, 3.8) is 0 Å². The van der Waals surface area contributed by atoms with Crippen molar-refractivity contribution in [1.82, 2.24) is 0 Å². The van der Waals surface area contributed by atoms with Gasteiger partial charge in [0.15, 0.2) is 12.4 Å². The summed E-state index contributed by atoms with van der Waals surface area (Å²) in [6.45, 7) is 6.02. The summed E-state index contributed by atoms with van der Waals surface area (Å²) in [6, 6.07) is 0. The Morgan fingerprint density at radius 2 is 2.00 bits per heavy atom. The summed E-state index contributed by atoms with van der Waals surface area (Å²) in [7, 11) is 0. The average molecular weight is 186 g/mol. The van der Waals surface area contributed by atoms with Crippen LogP contribution in [0.4, 0.5) is 0 Å². The summed E-state index contributed by atoms with van der Waals surface area (Å²) < 4.78 is 0.740. The van der Waals surface area contributed by atoms with Crippen molar-refractivity contribution in [2.75, 3.05) is 0 Å². The van der Waals surface area contributed by atoms with E-state index in [9.17, 15) is 5.21 Å². The zero-order valence-corrected chi connectivity index (χ0v) is 8.22. The van der Waals surface area contributed by atoms with E-state index in [0.29, 0.717) is 10.9 Å². The Morgan fingerprint density at radius 1 is 1.42 bits per heavy atom. The summed E-state index contributed by atoms with van der Waals surface area (Å²) in [6.07, 6.45) is 2.94. The molecule has 0 aliphatic heterocycles. The van der Waals surface area contributed by atoms with E-state index in [1.165, 1.54) is 6.20 Å². The fourth-order valence-electron chi connectivity index (χ4n) is 1.40. The van der Waals surface area contributed by atoms with Gasteiger partial charge in [-0.2, -0.15) is 4.73 Å². The highest BCUT2D eigenvalue weighted by atomic mass is 35.5. The van der Waals surface area contributed by atoms with Crippen LogP contribution in [0.3, 0.4) is 0 Å². The first kappa shape index (κ1) is 9.33. The topological polar surface area (TPSA) is 26.9 Å². The summed E-state index contributed by atoms with van der Waals surface area (Å²) in [4.78, 5) is 0. The smallest absolute Gasteiger partial charge is 0.199 e. The molecule has 0 bridgehead atoms. The largest absolute Gasteiger partial charge is 0.619 e. The lowest BCUT2D eigenvalue weighted by molar-refractivity contribution is -0.605. The van der Waals surface area contributed by atoms with Gasteiger partial charge >= 0.3 is 0 Å². The van der Waals surface area contributed by atoms with Gasteiger partial charge < -0.3 is 5.21 Å². The fraction of sp³-hybridized carbons (Fsp3) is 0.444. The number of pyridine rings is 1. The third-order valence-corrected chi connectivity index (χ3v) is 2.12. The van der Waals surface area contributed by atoms with Crippen molar-refractivity contribution in [2.45, 2.75) is 26.7 Å². The lowest BCUT2D eigenvalue weighted by atomic mass is 10.0. The van der Waals surface area contributed by atoms with Crippen LogP contribution in [0.1, 0.15) is 30.9 Å². The van der Waals surface area contributed by atoms with Crippen LogP contribution < -0.4 is 4.73 Å². The van der Waals surface area contributed by atoms with Crippen molar-refractivity contribution >= 4 is 11.6 Å². The number of aromatic nitrogens is 1. The lowest BCUT2D eigenvalue weighted by Crippen LogP contribution is -2.26. The molecule has 0 N–H and O–H groups in total. The van der Waals surface area contributed by atoms with E-state index >= 15 is 0 Å². The van der Waals surface area contributed by atoms with E-state index < -0.39 is 0 Å². The molecule has 0 amide bonds. The highest BCUT2D eigenvalue weighted by molar-refractivity contribution is 6.31. The first-order valence-corrected chi connectivity index (χ1v) is 4.29. The molecule has 0 saturated heterocycles. The minimum atomic E-state index is 0.360. The van der Waals surface area contributed by atoms with Gasteiger partial charge in [-0.3, -0.25) is 0 Å². The van der Waals surface area contributed by atoms with Crippen LogP contribution in [0.15, 0.2) is 12.4 Å². The quantitative estimate of drug-likeness (QED) is 0.488. The van der Waals surface area contributed by atoms with Crippen molar-refractivity contribution in [1.29, 1.82) is 0 Å². The van der Waals surface area contributed by atoms with Crippen LogP contribution in [-0.4, -0.2) is 0 Å². The van der Waals surface area contributed by atoms with E-state index in [2.05, 4.69) is 13.8 Å². The summed E-state index contributed by atoms with van der Waals surface area (Å²) in [5, 5.41) is 11.5. The molecular formula is C9H12ClNO. The fourth-order valence-corrected chi connectivity index (χ4v) is 1.86. The minimum absolute atomic E-state index is 0.360. The van der Waals surface area contributed by atoms with Gasteiger partial charge in [-0.15, -0.1) is 0 Å². The average Bonchev–Trinajstić information content (AvgIpc) is 1.82. The molecule has 3 heteroatoms. The molecule has 66 valence electrons. The molecule has 0 aromatic carbocycles.